The summed E-state index contributed by atoms with van der Waals surface area (Å²) >= 11 is 0. The van der Waals surface area contributed by atoms with Crippen LogP contribution in [-0.2, 0) is 19.4 Å². The molecular weight excluding hydrogens is 216 g/mol. The molecule has 0 spiro atoms. The molecule has 0 heterocycles. The number of ether oxygens (including phenoxy) is 1. The number of hydrogen-bond acceptors (Lipinski definition) is 4. The molecule has 0 N–H and O–H groups in total. The first-order chi connectivity index (χ1) is 6.55. The predicted molar refractivity (Wildman–Crippen MR) is 59.3 cm³/mol. The molecule has 0 aromatic carbocycles. The highest BCUT2D eigenvalue weighted by atomic mass is 32.2. The summed E-state index contributed by atoms with van der Waals surface area (Å²) in [7, 11) is -1.87. The standard InChI is InChI=1S/C10H20O4S/c1-10(2,3)6-8(9(11)14-4)7-15(5,12)13/h8H,6-7H2,1-5H3. The van der Waals surface area contributed by atoms with Crippen LogP contribution in [0, 0.1) is 11.3 Å². The summed E-state index contributed by atoms with van der Waals surface area (Å²) in [6.07, 6.45) is 1.64. The van der Waals surface area contributed by atoms with E-state index in [1.165, 1.54) is 7.11 Å². The summed E-state index contributed by atoms with van der Waals surface area (Å²) in [5.74, 6) is -1.16. The van der Waals surface area contributed by atoms with Crippen molar-refractivity contribution in [2.24, 2.45) is 11.3 Å². The van der Waals surface area contributed by atoms with Crippen molar-refractivity contribution in [3.8, 4) is 0 Å². The molecular formula is C10H20O4S. The molecule has 0 radical (unpaired) electrons. The van der Waals surface area contributed by atoms with Gasteiger partial charge < -0.3 is 4.74 Å². The molecule has 0 aliphatic heterocycles. The van der Waals surface area contributed by atoms with Crippen molar-refractivity contribution >= 4 is 15.8 Å². The summed E-state index contributed by atoms with van der Waals surface area (Å²) < 4.78 is 26.9. The van der Waals surface area contributed by atoms with Crippen molar-refractivity contribution in [2.75, 3.05) is 19.1 Å². The molecule has 15 heavy (non-hydrogen) atoms. The molecule has 5 heteroatoms. The van der Waals surface area contributed by atoms with E-state index in [4.69, 9.17) is 0 Å². The second kappa shape index (κ2) is 4.96. The lowest BCUT2D eigenvalue weighted by Gasteiger charge is -2.23. The van der Waals surface area contributed by atoms with Crippen molar-refractivity contribution < 1.29 is 17.9 Å². The Morgan fingerprint density at radius 2 is 1.80 bits per heavy atom. The summed E-state index contributed by atoms with van der Waals surface area (Å²) in [6.45, 7) is 5.89. The Kier molecular flexibility index (Phi) is 4.77. The van der Waals surface area contributed by atoms with Gasteiger partial charge >= 0.3 is 5.97 Å². The molecule has 0 saturated carbocycles. The van der Waals surface area contributed by atoms with Crippen molar-refractivity contribution in [1.82, 2.24) is 0 Å². The number of carbonyl (C=O) groups is 1. The third-order valence-electron chi connectivity index (χ3n) is 1.90. The minimum Gasteiger partial charge on any atom is -0.469 e. The van der Waals surface area contributed by atoms with Crippen LogP contribution in [0.4, 0.5) is 0 Å². The van der Waals surface area contributed by atoms with Gasteiger partial charge in [-0.05, 0) is 11.8 Å². The maximum absolute atomic E-state index is 11.4. The van der Waals surface area contributed by atoms with E-state index in [0.29, 0.717) is 6.42 Å². The first kappa shape index (κ1) is 14.4. The zero-order valence-electron chi connectivity index (χ0n) is 10.0. The number of rotatable bonds is 4. The Morgan fingerprint density at radius 1 is 1.33 bits per heavy atom. The van der Waals surface area contributed by atoms with Gasteiger partial charge in [-0.25, -0.2) is 8.42 Å². The molecule has 0 saturated heterocycles. The fraction of sp³-hybridized carbons (Fsp3) is 0.900. The van der Waals surface area contributed by atoms with E-state index in [0.717, 1.165) is 6.26 Å². The molecule has 0 aromatic rings. The van der Waals surface area contributed by atoms with E-state index in [1.54, 1.807) is 0 Å². The van der Waals surface area contributed by atoms with Crippen molar-refractivity contribution in [3.63, 3.8) is 0 Å². The highest BCUT2D eigenvalue weighted by Crippen LogP contribution is 2.26. The molecule has 0 amide bonds. The Hall–Kier alpha value is -0.580. The maximum Gasteiger partial charge on any atom is 0.309 e. The molecule has 0 aliphatic rings. The van der Waals surface area contributed by atoms with Crippen LogP contribution in [0.3, 0.4) is 0 Å². The van der Waals surface area contributed by atoms with Crippen molar-refractivity contribution in [1.29, 1.82) is 0 Å². The van der Waals surface area contributed by atoms with Crippen LogP contribution >= 0.6 is 0 Å². The van der Waals surface area contributed by atoms with Gasteiger partial charge in [0.15, 0.2) is 0 Å². The van der Waals surface area contributed by atoms with Crippen LogP contribution in [0.1, 0.15) is 27.2 Å². The van der Waals surface area contributed by atoms with Gasteiger partial charge in [-0.2, -0.15) is 0 Å². The Bertz CT molecular complexity index is 311. The van der Waals surface area contributed by atoms with Gasteiger partial charge in [0.25, 0.3) is 0 Å². The molecule has 0 bridgehead atoms. The van der Waals surface area contributed by atoms with Gasteiger partial charge in [0.1, 0.15) is 9.84 Å². The molecule has 1 unspecified atom stereocenters. The number of carbonyl (C=O) groups excluding carboxylic acids is 1. The van der Waals surface area contributed by atoms with Crippen LogP contribution in [0.5, 0.6) is 0 Å². The summed E-state index contributed by atoms with van der Waals surface area (Å²) in [5, 5.41) is 0. The SMILES string of the molecule is COC(=O)C(CC(C)(C)C)CS(C)(=O)=O. The molecule has 0 fully saturated rings. The fourth-order valence-corrected chi connectivity index (χ4v) is 2.47. The maximum atomic E-state index is 11.4. The highest BCUT2D eigenvalue weighted by Gasteiger charge is 2.28. The van der Waals surface area contributed by atoms with Gasteiger partial charge in [-0.3, -0.25) is 4.79 Å². The van der Waals surface area contributed by atoms with Crippen LogP contribution in [0.2, 0.25) is 0 Å². The molecule has 0 rings (SSSR count). The highest BCUT2D eigenvalue weighted by molar-refractivity contribution is 7.90. The van der Waals surface area contributed by atoms with Gasteiger partial charge in [0, 0.05) is 6.26 Å². The van der Waals surface area contributed by atoms with Crippen LogP contribution < -0.4 is 0 Å². The fourth-order valence-electron chi connectivity index (χ4n) is 1.48. The van der Waals surface area contributed by atoms with E-state index < -0.39 is 21.7 Å². The minimum atomic E-state index is -3.15. The molecule has 0 aliphatic carbocycles. The van der Waals surface area contributed by atoms with E-state index in [9.17, 15) is 13.2 Å². The predicted octanol–water partition coefficient (Wildman–Crippen LogP) is 1.26. The largest absolute Gasteiger partial charge is 0.469 e. The van der Waals surface area contributed by atoms with Gasteiger partial charge in [0.05, 0.1) is 18.8 Å². The second-order valence-electron chi connectivity index (χ2n) is 5.08. The first-order valence-electron chi connectivity index (χ1n) is 4.81. The average molecular weight is 236 g/mol. The lowest BCUT2D eigenvalue weighted by atomic mass is 9.85. The normalized spacial score (nSPS) is 14.7. The van der Waals surface area contributed by atoms with Crippen molar-refractivity contribution in [2.45, 2.75) is 27.2 Å². The summed E-state index contributed by atoms with van der Waals surface area (Å²) in [6, 6.07) is 0. The molecule has 0 aromatic heterocycles. The molecule has 1 atom stereocenters. The topological polar surface area (TPSA) is 60.4 Å². The summed E-state index contributed by atoms with van der Waals surface area (Å²) in [5.41, 5.74) is -0.0937. The number of methoxy groups -OCH3 is 1. The third-order valence-corrected chi connectivity index (χ3v) is 2.91. The zero-order chi connectivity index (χ0) is 12.3. The van der Waals surface area contributed by atoms with Crippen molar-refractivity contribution in [3.05, 3.63) is 0 Å². The van der Waals surface area contributed by atoms with Gasteiger partial charge in [-0.15, -0.1) is 0 Å². The average Bonchev–Trinajstić information content (AvgIpc) is 1.96. The first-order valence-corrected chi connectivity index (χ1v) is 6.87. The van der Waals surface area contributed by atoms with E-state index in [-0.39, 0.29) is 11.2 Å². The Labute approximate surface area is 91.9 Å². The number of esters is 1. The zero-order valence-corrected chi connectivity index (χ0v) is 10.8. The van der Waals surface area contributed by atoms with Crippen LogP contribution in [-0.4, -0.2) is 33.5 Å². The van der Waals surface area contributed by atoms with Crippen LogP contribution in [0.15, 0.2) is 0 Å². The lowest BCUT2D eigenvalue weighted by Crippen LogP contribution is -2.28. The third kappa shape index (κ3) is 7.36. The van der Waals surface area contributed by atoms with E-state index in [2.05, 4.69) is 4.74 Å². The Morgan fingerprint density at radius 3 is 2.07 bits per heavy atom. The molecule has 4 nitrogen and oxygen atoms in total. The summed E-state index contributed by atoms with van der Waals surface area (Å²) in [4.78, 5) is 11.4. The van der Waals surface area contributed by atoms with Crippen LogP contribution in [0.25, 0.3) is 0 Å². The van der Waals surface area contributed by atoms with Gasteiger partial charge in [0.2, 0.25) is 0 Å². The Balaban J connectivity index is 4.68. The second-order valence-corrected chi connectivity index (χ2v) is 7.26. The quantitative estimate of drug-likeness (QED) is 0.689. The van der Waals surface area contributed by atoms with Gasteiger partial charge in [-0.1, -0.05) is 20.8 Å². The lowest BCUT2D eigenvalue weighted by molar-refractivity contribution is -0.145. The number of hydrogen-bond donors (Lipinski definition) is 0. The van der Waals surface area contributed by atoms with E-state index >= 15 is 0 Å². The van der Waals surface area contributed by atoms with E-state index in [1.807, 2.05) is 20.8 Å². The monoisotopic (exact) mass is 236 g/mol. The number of sulfone groups is 1. The molecule has 90 valence electrons. The smallest absolute Gasteiger partial charge is 0.309 e. The minimum absolute atomic E-state index is 0.0937.